The zero-order chi connectivity index (χ0) is 21.8. The minimum atomic E-state index is 0.949. The van der Waals surface area contributed by atoms with Crippen LogP contribution >= 0.6 is 0 Å². The van der Waals surface area contributed by atoms with Gasteiger partial charge in [-0.2, -0.15) is 0 Å². The lowest BCUT2D eigenvalue weighted by Crippen LogP contribution is -2.42. The van der Waals surface area contributed by atoms with Crippen LogP contribution in [0.2, 0.25) is 0 Å². The predicted molar refractivity (Wildman–Crippen MR) is 129 cm³/mol. The highest BCUT2D eigenvalue weighted by Crippen LogP contribution is 2.13. The van der Waals surface area contributed by atoms with Gasteiger partial charge in [0, 0.05) is 45.8 Å². The molecule has 4 fully saturated rings. The number of likely N-dealkylation sites (N-methyl/N-ethyl adjacent to an activating group) is 2. The predicted octanol–water partition coefficient (Wildman–Crippen LogP) is 2.74. The van der Waals surface area contributed by atoms with E-state index in [0.29, 0.717) is 0 Å². The molecule has 0 radical (unpaired) electrons. The van der Waals surface area contributed by atoms with Gasteiger partial charge in [-0.05, 0) is 91.9 Å². The summed E-state index contributed by atoms with van der Waals surface area (Å²) in [5.41, 5.74) is 0. The Balaban J connectivity index is 0.000000194. The molecule has 0 aromatic heterocycles. The highest BCUT2D eigenvalue weighted by molar-refractivity contribution is 4.71. The first-order chi connectivity index (χ1) is 13.7. The topological polar surface area (TPSA) is 16.2 Å². The average molecular weight is 412 g/mol. The van der Waals surface area contributed by atoms with E-state index >= 15 is 0 Å². The lowest BCUT2D eigenvalue weighted by atomic mass is 10.00. The molecule has 4 aliphatic rings. The molecule has 0 saturated carbocycles. The Kier molecular flexibility index (Phi) is 13.6. The van der Waals surface area contributed by atoms with E-state index < -0.39 is 0 Å². The molecule has 4 aliphatic heterocycles. The number of piperidine rings is 1. The summed E-state index contributed by atoms with van der Waals surface area (Å²) in [5.74, 6) is 2.89. The lowest BCUT2D eigenvalue weighted by molar-refractivity contribution is 0.149. The van der Waals surface area contributed by atoms with Crippen LogP contribution in [0.3, 0.4) is 0 Å². The molecular formula is C24H53N5. The van der Waals surface area contributed by atoms with Crippen LogP contribution in [0.5, 0.6) is 0 Å². The van der Waals surface area contributed by atoms with Crippen molar-refractivity contribution in [2.24, 2.45) is 17.8 Å². The quantitative estimate of drug-likeness (QED) is 0.607. The summed E-state index contributed by atoms with van der Waals surface area (Å²) in [6, 6.07) is 0. The summed E-state index contributed by atoms with van der Waals surface area (Å²) in [5, 5.41) is 0. The van der Waals surface area contributed by atoms with Gasteiger partial charge in [0.05, 0.1) is 0 Å². The van der Waals surface area contributed by atoms with Gasteiger partial charge in [-0.1, -0.05) is 20.8 Å². The van der Waals surface area contributed by atoms with Crippen molar-refractivity contribution in [3.8, 4) is 0 Å². The third-order valence-corrected chi connectivity index (χ3v) is 6.61. The van der Waals surface area contributed by atoms with Crippen LogP contribution in [0, 0.1) is 17.8 Å². The van der Waals surface area contributed by atoms with Crippen LogP contribution in [-0.2, 0) is 0 Å². The Morgan fingerprint density at radius 3 is 0.931 bits per heavy atom. The van der Waals surface area contributed by atoms with Crippen LogP contribution < -0.4 is 0 Å². The molecule has 0 aliphatic carbocycles. The Labute approximate surface area is 183 Å². The number of likely N-dealkylation sites (tertiary alicyclic amines) is 3. The van der Waals surface area contributed by atoms with E-state index in [2.05, 4.69) is 80.5 Å². The van der Waals surface area contributed by atoms with Crippen molar-refractivity contribution in [3.63, 3.8) is 0 Å². The van der Waals surface area contributed by atoms with Crippen LogP contribution in [-0.4, -0.2) is 125 Å². The number of nitrogens with zero attached hydrogens (tertiary/aromatic N) is 5. The zero-order valence-electron chi connectivity index (χ0n) is 21.2. The molecule has 1 atom stereocenters. The van der Waals surface area contributed by atoms with E-state index in [4.69, 9.17) is 0 Å². The summed E-state index contributed by atoms with van der Waals surface area (Å²) in [6.07, 6.45) is 4.20. The van der Waals surface area contributed by atoms with Gasteiger partial charge in [0.1, 0.15) is 0 Å². The molecule has 4 rings (SSSR count). The van der Waals surface area contributed by atoms with Crippen molar-refractivity contribution in [3.05, 3.63) is 0 Å². The Bertz CT molecular complexity index is 329. The first-order valence-electron chi connectivity index (χ1n) is 12.1. The van der Waals surface area contributed by atoms with Crippen molar-refractivity contribution >= 4 is 0 Å². The van der Waals surface area contributed by atoms with Gasteiger partial charge in [-0.3, -0.25) is 0 Å². The van der Waals surface area contributed by atoms with Gasteiger partial charge in [0.2, 0.25) is 0 Å². The number of hydrogen-bond acceptors (Lipinski definition) is 5. The molecule has 0 aromatic carbocycles. The largest absolute Gasteiger partial charge is 0.306 e. The van der Waals surface area contributed by atoms with Crippen molar-refractivity contribution in [1.82, 2.24) is 24.5 Å². The summed E-state index contributed by atoms with van der Waals surface area (Å²) >= 11 is 0. The zero-order valence-corrected chi connectivity index (χ0v) is 21.2. The smallest absolute Gasteiger partial charge is 0.0107 e. The van der Waals surface area contributed by atoms with Gasteiger partial charge in [0.25, 0.3) is 0 Å². The van der Waals surface area contributed by atoms with E-state index in [1.807, 2.05) is 0 Å². The van der Waals surface area contributed by atoms with Crippen LogP contribution in [0.15, 0.2) is 0 Å². The number of rotatable bonds is 0. The molecule has 0 bridgehead atoms. The second-order valence-corrected chi connectivity index (χ2v) is 10.6. The summed E-state index contributed by atoms with van der Waals surface area (Å²) in [6.45, 7) is 19.7. The Morgan fingerprint density at radius 1 is 0.379 bits per heavy atom. The maximum absolute atomic E-state index is 2.40. The molecule has 0 aromatic rings. The lowest BCUT2D eigenvalue weighted by Gasteiger charge is -2.33. The molecule has 29 heavy (non-hydrogen) atoms. The van der Waals surface area contributed by atoms with E-state index in [1.54, 1.807) is 0 Å². The first-order valence-corrected chi connectivity index (χ1v) is 12.1. The average Bonchev–Trinajstić information content (AvgIpc) is 3.04. The summed E-state index contributed by atoms with van der Waals surface area (Å²) in [7, 11) is 10.9. The summed E-state index contributed by atoms with van der Waals surface area (Å²) in [4.78, 5) is 11.8. The SMILES string of the molecule is CC1CCN(C)C1.CC1CCN(C)CC1.CC1CN(C)C1.CN1CCN(C)CC1. The Morgan fingerprint density at radius 2 is 0.724 bits per heavy atom. The first kappa shape index (κ1) is 26.8. The number of piperazine rings is 1. The Hall–Kier alpha value is -0.200. The fourth-order valence-electron chi connectivity index (χ4n) is 4.21. The van der Waals surface area contributed by atoms with Crippen molar-refractivity contribution in [1.29, 1.82) is 0 Å². The minimum Gasteiger partial charge on any atom is -0.306 e. The molecule has 4 saturated heterocycles. The molecule has 4 heterocycles. The standard InChI is InChI=1S/C7H15N.C6H14N2.C6H13N.C5H11N/c2*1-7-3-5-8(2)6-4-7;1-6-3-4-7(2)5-6;1-5-3-6(2)4-5/h7H,3-6H2,1-2H3;3-6H2,1-2H3;6H,3-5H2,1-2H3;5H,3-4H2,1-2H3. The molecule has 0 amide bonds. The third-order valence-electron chi connectivity index (χ3n) is 6.61. The molecule has 5 nitrogen and oxygen atoms in total. The normalized spacial score (nSPS) is 28.3. The van der Waals surface area contributed by atoms with Gasteiger partial charge in [-0.15, -0.1) is 0 Å². The van der Waals surface area contributed by atoms with Crippen molar-refractivity contribution in [2.45, 2.75) is 40.0 Å². The fraction of sp³-hybridized carbons (Fsp3) is 1.00. The molecule has 174 valence electrons. The highest BCUT2D eigenvalue weighted by Gasteiger charge is 2.16. The van der Waals surface area contributed by atoms with E-state index in [0.717, 1.165) is 17.8 Å². The summed E-state index contributed by atoms with van der Waals surface area (Å²) < 4.78 is 0. The van der Waals surface area contributed by atoms with Crippen LogP contribution in [0.4, 0.5) is 0 Å². The highest BCUT2D eigenvalue weighted by atomic mass is 15.2. The van der Waals surface area contributed by atoms with Crippen LogP contribution in [0.25, 0.3) is 0 Å². The maximum atomic E-state index is 2.40. The maximum Gasteiger partial charge on any atom is 0.0107 e. The van der Waals surface area contributed by atoms with Crippen molar-refractivity contribution < 1.29 is 0 Å². The molecular weight excluding hydrogens is 358 g/mol. The van der Waals surface area contributed by atoms with E-state index in [-0.39, 0.29) is 0 Å². The monoisotopic (exact) mass is 411 g/mol. The second-order valence-electron chi connectivity index (χ2n) is 10.6. The molecule has 5 heteroatoms. The van der Waals surface area contributed by atoms with Gasteiger partial charge >= 0.3 is 0 Å². The molecule has 0 spiro atoms. The number of hydrogen-bond donors (Lipinski definition) is 0. The van der Waals surface area contributed by atoms with Crippen LogP contribution in [0.1, 0.15) is 40.0 Å². The van der Waals surface area contributed by atoms with E-state index in [1.165, 1.54) is 84.7 Å². The van der Waals surface area contributed by atoms with E-state index in [9.17, 15) is 0 Å². The van der Waals surface area contributed by atoms with Gasteiger partial charge < -0.3 is 24.5 Å². The molecule has 0 N–H and O–H groups in total. The third kappa shape index (κ3) is 13.7. The minimum absolute atomic E-state index is 0.949. The molecule has 1 unspecified atom stereocenters. The second kappa shape index (κ2) is 14.7. The van der Waals surface area contributed by atoms with Crippen molar-refractivity contribution in [2.75, 3.05) is 101 Å². The fourth-order valence-corrected chi connectivity index (χ4v) is 4.21. The van der Waals surface area contributed by atoms with Gasteiger partial charge in [0.15, 0.2) is 0 Å². The van der Waals surface area contributed by atoms with Gasteiger partial charge in [-0.25, -0.2) is 0 Å².